The van der Waals surface area contributed by atoms with E-state index in [1.54, 1.807) is 14.0 Å². The van der Waals surface area contributed by atoms with E-state index in [1.165, 1.54) is 18.0 Å². The Morgan fingerprint density at radius 2 is 1.59 bits per heavy atom. The van der Waals surface area contributed by atoms with Crippen molar-refractivity contribution in [1.82, 2.24) is 20.0 Å². The van der Waals surface area contributed by atoms with Gasteiger partial charge in [-0.15, -0.1) is 10.2 Å². The molecule has 172 valence electrons. The van der Waals surface area contributed by atoms with Crippen molar-refractivity contribution in [3.8, 4) is 22.4 Å². The SMILES string of the molecule is CCOC(=O)c1cnn(C)c1Nc1nnc(-c2ccccc2)c(-c2ccccc2)c1C(=O)OC. The molecule has 2 aromatic heterocycles. The number of carbonyl (C=O) groups excluding carboxylic acids is 2. The van der Waals surface area contributed by atoms with E-state index < -0.39 is 11.9 Å². The number of hydrogen-bond donors (Lipinski definition) is 1. The smallest absolute Gasteiger partial charge is 0.343 e. The van der Waals surface area contributed by atoms with Crippen molar-refractivity contribution in [2.45, 2.75) is 6.92 Å². The number of carbonyl (C=O) groups is 2. The lowest BCUT2D eigenvalue weighted by molar-refractivity contribution is 0.0526. The van der Waals surface area contributed by atoms with Gasteiger partial charge >= 0.3 is 11.9 Å². The van der Waals surface area contributed by atoms with Gasteiger partial charge in [0.15, 0.2) is 5.82 Å². The summed E-state index contributed by atoms with van der Waals surface area (Å²) in [4.78, 5) is 25.5. The van der Waals surface area contributed by atoms with Crippen molar-refractivity contribution in [3.63, 3.8) is 0 Å². The summed E-state index contributed by atoms with van der Waals surface area (Å²) in [6, 6.07) is 18.9. The van der Waals surface area contributed by atoms with Crippen LogP contribution in [-0.4, -0.2) is 45.6 Å². The Bertz CT molecular complexity index is 1320. The van der Waals surface area contributed by atoms with Crippen molar-refractivity contribution in [2.75, 3.05) is 19.0 Å². The van der Waals surface area contributed by atoms with E-state index in [9.17, 15) is 9.59 Å². The highest BCUT2D eigenvalue weighted by atomic mass is 16.5. The molecule has 1 N–H and O–H groups in total. The number of hydrogen-bond acceptors (Lipinski definition) is 8. The maximum atomic E-state index is 13.1. The summed E-state index contributed by atoms with van der Waals surface area (Å²) in [7, 11) is 2.96. The third kappa shape index (κ3) is 4.36. The third-order valence-corrected chi connectivity index (χ3v) is 5.14. The van der Waals surface area contributed by atoms with Gasteiger partial charge in [0, 0.05) is 18.2 Å². The van der Waals surface area contributed by atoms with Crippen LogP contribution >= 0.6 is 0 Å². The molecule has 0 fully saturated rings. The van der Waals surface area contributed by atoms with Gasteiger partial charge in [-0.25, -0.2) is 9.59 Å². The van der Waals surface area contributed by atoms with Gasteiger partial charge in [-0.05, 0) is 12.5 Å². The highest BCUT2D eigenvalue weighted by Crippen LogP contribution is 2.37. The van der Waals surface area contributed by atoms with Crippen LogP contribution in [0.1, 0.15) is 27.6 Å². The average Bonchev–Trinajstić information content (AvgIpc) is 3.24. The second-order valence-electron chi connectivity index (χ2n) is 7.25. The van der Waals surface area contributed by atoms with Crippen LogP contribution in [0, 0.1) is 0 Å². The molecule has 0 radical (unpaired) electrons. The Morgan fingerprint density at radius 1 is 0.941 bits per heavy atom. The molecule has 0 saturated heterocycles. The average molecular weight is 457 g/mol. The molecule has 0 bridgehead atoms. The number of nitrogens with one attached hydrogen (secondary N) is 1. The molecule has 4 aromatic rings. The predicted molar refractivity (Wildman–Crippen MR) is 127 cm³/mol. The third-order valence-electron chi connectivity index (χ3n) is 5.14. The van der Waals surface area contributed by atoms with E-state index >= 15 is 0 Å². The second-order valence-corrected chi connectivity index (χ2v) is 7.25. The number of rotatable bonds is 7. The van der Waals surface area contributed by atoms with Gasteiger partial charge in [0.1, 0.15) is 22.6 Å². The Hall–Kier alpha value is -4.53. The van der Waals surface area contributed by atoms with E-state index in [0.717, 1.165) is 11.1 Å². The molecule has 2 aromatic carbocycles. The van der Waals surface area contributed by atoms with E-state index in [-0.39, 0.29) is 23.6 Å². The molecule has 9 heteroatoms. The van der Waals surface area contributed by atoms with Crippen LogP contribution in [0.5, 0.6) is 0 Å². The first kappa shape index (κ1) is 22.7. The number of esters is 2. The molecule has 9 nitrogen and oxygen atoms in total. The molecule has 0 amide bonds. The van der Waals surface area contributed by atoms with Crippen molar-refractivity contribution < 1.29 is 19.1 Å². The normalized spacial score (nSPS) is 10.6. The van der Waals surface area contributed by atoms with E-state index in [0.29, 0.717) is 17.1 Å². The highest BCUT2D eigenvalue weighted by molar-refractivity contribution is 6.06. The van der Waals surface area contributed by atoms with E-state index in [4.69, 9.17) is 9.47 Å². The van der Waals surface area contributed by atoms with Gasteiger partial charge in [-0.2, -0.15) is 5.10 Å². The first-order chi connectivity index (χ1) is 16.5. The standard InChI is InChI=1S/C25H23N5O4/c1-4-34-24(31)18-15-26-30(2)23(18)27-22-20(25(32)33-3)19(16-11-7-5-8-12-16)21(28-29-22)17-13-9-6-10-14-17/h5-15H,4H2,1-3H3,(H,27,29). The summed E-state index contributed by atoms with van der Waals surface area (Å²) in [6.07, 6.45) is 1.39. The number of anilines is 2. The van der Waals surface area contributed by atoms with Gasteiger partial charge in [-0.1, -0.05) is 60.7 Å². The lowest BCUT2D eigenvalue weighted by atomic mass is 9.95. The minimum Gasteiger partial charge on any atom is -0.465 e. The molecular formula is C25H23N5O4. The molecule has 0 aliphatic carbocycles. The number of ether oxygens (including phenoxy) is 2. The van der Waals surface area contributed by atoms with Gasteiger partial charge in [0.25, 0.3) is 0 Å². The van der Waals surface area contributed by atoms with Crippen molar-refractivity contribution >= 4 is 23.6 Å². The fourth-order valence-electron chi connectivity index (χ4n) is 3.57. The molecule has 0 aliphatic heterocycles. The molecule has 0 spiro atoms. The summed E-state index contributed by atoms with van der Waals surface area (Å²) in [5, 5.41) is 16.0. The van der Waals surface area contributed by atoms with Crippen LogP contribution in [0.4, 0.5) is 11.6 Å². The van der Waals surface area contributed by atoms with Crippen LogP contribution in [0.3, 0.4) is 0 Å². The fraction of sp³-hybridized carbons (Fsp3) is 0.160. The summed E-state index contributed by atoms with van der Waals surface area (Å²) in [5.74, 6) is -0.716. The number of methoxy groups -OCH3 is 1. The highest BCUT2D eigenvalue weighted by Gasteiger charge is 2.27. The Labute approximate surface area is 196 Å². The summed E-state index contributed by atoms with van der Waals surface area (Å²) in [5.41, 5.74) is 3.01. The van der Waals surface area contributed by atoms with Crippen LogP contribution < -0.4 is 5.32 Å². The number of benzene rings is 2. The zero-order chi connectivity index (χ0) is 24.1. The monoisotopic (exact) mass is 457 g/mol. The molecule has 0 saturated carbocycles. The largest absolute Gasteiger partial charge is 0.465 e. The molecule has 0 atom stereocenters. The van der Waals surface area contributed by atoms with Crippen molar-refractivity contribution in [1.29, 1.82) is 0 Å². The zero-order valence-electron chi connectivity index (χ0n) is 19.0. The quantitative estimate of drug-likeness (QED) is 0.410. The minimum absolute atomic E-state index is 0.125. The van der Waals surface area contributed by atoms with Gasteiger partial charge in [0.05, 0.1) is 19.9 Å². The number of aryl methyl sites for hydroxylation is 1. The molecule has 34 heavy (non-hydrogen) atoms. The topological polar surface area (TPSA) is 108 Å². The molecular weight excluding hydrogens is 434 g/mol. The van der Waals surface area contributed by atoms with Crippen LogP contribution in [0.2, 0.25) is 0 Å². The zero-order valence-corrected chi connectivity index (χ0v) is 19.0. The summed E-state index contributed by atoms with van der Waals surface area (Å²) >= 11 is 0. The van der Waals surface area contributed by atoms with E-state index in [1.807, 2.05) is 60.7 Å². The molecule has 2 heterocycles. The lowest BCUT2D eigenvalue weighted by Crippen LogP contribution is -2.15. The minimum atomic E-state index is -0.603. The molecule has 4 rings (SSSR count). The van der Waals surface area contributed by atoms with Gasteiger partial charge in [-0.3, -0.25) is 4.68 Å². The molecule has 0 aliphatic rings. The van der Waals surface area contributed by atoms with Crippen molar-refractivity contribution in [3.05, 3.63) is 78.0 Å². The van der Waals surface area contributed by atoms with Crippen LogP contribution in [0.25, 0.3) is 22.4 Å². The number of aromatic nitrogens is 4. The van der Waals surface area contributed by atoms with Gasteiger partial charge in [0.2, 0.25) is 0 Å². The van der Waals surface area contributed by atoms with E-state index in [2.05, 4.69) is 20.6 Å². The maximum Gasteiger partial charge on any atom is 0.343 e. The first-order valence-corrected chi connectivity index (χ1v) is 10.6. The molecule has 0 unspecified atom stereocenters. The summed E-state index contributed by atoms with van der Waals surface area (Å²) in [6.45, 7) is 1.93. The summed E-state index contributed by atoms with van der Waals surface area (Å²) < 4.78 is 11.7. The predicted octanol–water partition coefficient (Wildman–Crippen LogP) is 4.25. The fourth-order valence-corrected chi connectivity index (χ4v) is 3.57. The van der Waals surface area contributed by atoms with Crippen LogP contribution in [-0.2, 0) is 16.5 Å². The van der Waals surface area contributed by atoms with Gasteiger partial charge < -0.3 is 14.8 Å². The maximum absolute atomic E-state index is 13.1. The Kier molecular flexibility index (Phi) is 6.63. The van der Waals surface area contributed by atoms with Crippen molar-refractivity contribution in [2.24, 2.45) is 7.05 Å². The second kappa shape index (κ2) is 9.95. The Balaban J connectivity index is 1.95. The van der Waals surface area contributed by atoms with Crippen LogP contribution in [0.15, 0.2) is 66.9 Å². The Morgan fingerprint density at radius 3 is 2.21 bits per heavy atom. The number of nitrogens with zero attached hydrogens (tertiary/aromatic N) is 4. The lowest BCUT2D eigenvalue weighted by Gasteiger charge is -2.17. The first-order valence-electron chi connectivity index (χ1n) is 10.6.